The van der Waals surface area contributed by atoms with Crippen molar-refractivity contribution in [2.24, 2.45) is 10.4 Å². The molecule has 0 radical (unpaired) electrons. The van der Waals surface area contributed by atoms with Gasteiger partial charge in [-0.05, 0) is 92.6 Å². The van der Waals surface area contributed by atoms with Gasteiger partial charge < -0.3 is 14.1 Å². The van der Waals surface area contributed by atoms with Crippen molar-refractivity contribution < 1.29 is 14.1 Å². The molecule has 2 aromatic carbocycles. The number of hydrogen-bond acceptors (Lipinski definition) is 7. The molecule has 7 rings (SSSR count). The van der Waals surface area contributed by atoms with Gasteiger partial charge in [0.25, 0.3) is 5.91 Å². The van der Waals surface area contributed by atoms with E-state index in [-0.39, 0.29) is 11.3 Å². The molecule has 3 heterocycles. The van der Waals surface area contributed by atoms with Crippen LogP contribution in [-0.2, 0) is 22.7 Å². The first-order chi connectivity index (χ1) is 21.8. The molecule has 0 atom stereocenters. The number of likely N-dealkylation sites (tertiary alicyclic amines) is 1. The summed E-state index contributed by atoms with van der Waals surface area (Å²) in [4.78, 5) is 37.5. The number of carbonyl (C=O) groups is 2. The van der Waals surface area contributed by atoms with Crippen molar-refractivity contribution >= 4 is 35.4 Å². The van der Waals surface area contributed by atoms with Crippen LogP contribution in [0.1, 0.15) is 93.6 Å². The molecule has 1 N–H and O–H groups in total. The molecule has 1 aromatic heterocycles. The highest BCUT2D eigenvalue weighted by molar-refractivity contribution is 8.00. The summed E-state index contributed by atoms with van der Waals surface area (Å²) in [5.74, 6) is 2.94. The first-order valence-electron chi connectivity index (χ1n) is 16.6. The number of nitrogens with one attached hydrogen (secondary N) is 1. The van der Waals surface area contributed by atoms with E-state index in [1.165, 1.54) is 11.9 Å². The molecule has 1 saturated heterocycles. The summed E-state index contributed by atoms with van der Waals surface area (Å²) in [7, 11) is 0. The Morgan fingerprint density at radius 3 is 2.47 bits per heavy atom. The lowest BCUT2D eigenvalue weighted by molar-refractivity contribution is -0.132. The second-order valence-electron chi connectivity index (χ2n) is 13.4. The molecule has 2 aliphatic carbocycles. The molecular weight excluding hydrogens is 582 g/mol. The summed E-state index contributed by atoms with van der Waals surface area (Å²) in [6.45, 7) is 7.96. The zero-order chi connectivity index (χ0) is 31.2. The van der Waals surface area contributed by atoms with Gasteiger partial charge in [-0.1, -0.05) is 67.7 Å². The Kier molecular flexibility index (Phi) is 8.00. The van der Waals surface area contributed by atoms with Crippen molar-refractivity contribution in [2.45, 2.75) is 109 Å². The Bertz CT molecular complexity index is 1650. The number of anilines is 1. The molecule has 0 unspecified atom stereocenters. The molecule has 4 aliphatic rings. The van der Waals surface area contributed by atoms with Crippen LogP contribution in [-0.4, -0.2) is 44.7 Å². The molecule has 9 heteroatoms. The number of rotatable bonds is 11. The second-order valence-corrected chi connectivity index (χ2v) is 14.3. The van der Waals surface area contributed by atoms with Gasteiger partial charge in [-0.15, -0.1) is 0 Å². The number of amides is 2. The lowest BCUT2D eigenvalue weighted by Crippen LogP contribution is -2.40. The molecule has 3 fully saturated rings. The summed E-state index contributed by atoms with van der Waals surface area (Å²) in [5, 5.41) is 4.17. The number of aliphatic imine (C=N–C) groups is 1. The number of aromatic nitrogens is 1. The normalized spacial score (nSPS) is 19.8. The average molecular weight is 626 g/mol. The van der Waals surface area contributed by atoms with Gasteiger partial charge in [-0.3, -0.25) is 19.5 Å². The standard InChI is InChI=1S/C36H43N5O3S/c1-4-5-12-31-37-36(15-8-9-16-36)34(43)41(31)22-26-13-14-28(27(21-26)23-40-20-19-35(17-18-35)33(40)42)29-10-6-7-11-30(29)45-39-32-24(2)25(3)44-38-32/h6-7,10-11,13-14,21H,4-5,8-9,12,15-20,22-23H2,1-3H3,(H,38,39). The largest absolute Gasteiger partial charge is 0.359 e. The van der Waals surface area contributed by atoms with Crippen molar-refractivity contribution in [3.8, 4) is 11.1 Å². The first-order valence-corrected chi connectivity index (χ1v) is 17.4. The lowest BCUT2D eigenvalue weighted by atomic mass is 9.95. The van der Waals surface area contributed by atoms with Crippen molar-refractivity contribution in [3.05, 3.63) is 64.9 Å². The molecule has 2 saturated carbocycles. The van der Waals surface area contributed by atoms with Crippen LogP contribution < -0.4 is 4.72 Å². The van der Waals surface area contributed by atoms with E-state index < -0.39 is 5.54 Å². The van der Waals surface area contributed by atoms with Gasteiger partial charge in [0.1, 0.15) is 17.1 Å². The van der Waals surface area contributed by atoms with Crippen molar-refractivity contribution in [1.29, 1.82) is 0 Å². The van der Waals surface area contributed by atoms with Crippen LogP contribution in [0.4, 0.5) is 5.82 Å². The molecule has 8 nitrogen and oxygen atoms in total. The fourth-order valence-electron chi connectivity index (χ4n) is 7.28. The third-order valence-corrected chi connectivity index (χ3v) is 11.3. The van der Waals surface area contributed by atoms with E-state index in [1.54, 1.807) is 0 Å². The topological polar surface area (TPSA) is 91.0 Å². The minimum atomic E-state index is -0.545. The van der Waals surface area contributed by atoms with Crippen molar-refractivity contribution in [3.63, 3.8) is 0 Å². The number of aryl methyl sites for hydroxylation is 1. The smallest absolute Gasteiger partial charge is 0.256 e. The Morgan fingerprint density at radius 1 is 0.956 bits per heavy atom. The zero-order valence-electron chi connectivity index (χ0n) is 26.7. The van der Waals surface area contributed by atoms with Gasteiger partial charge in [-0.25, -0.2) is 0 Å². The molecule has 0 bridgehead atoms. The summed E-state index contributed by atoms with van der Waals surface area (Å²) >= 11 is 1.51. The van der Waals surface area contributed by atoms with E-state index >= 15 is 0 Å². The van der Waals surface area contributed by atoms with Crippen LogP contribution in [0.3, 0.4) is 0 Å². The Morgan fingerprint density at radius 2 is 1.76 bits per heavy atom. The van der Waals surface area contributed by atoms with Gasteiger partial charge >= 0.3 is 0 Å². The maximum Gasteiger partial charge on any atom is 0.256 e. The number of hydrogen-bond donors (Lipinski definition) is 1. The van der Waals surface area contributed by atoms with Crippen LogP contribution in [0.15, 0.2) is 56.9 Å². The maximum absolute atomic E-state index is 13.9. The van der Waals surface area contributed by atoms with Gasteiger partial charge in [0, 0.05) is 30.0 Å². The number of amidine groups is 1. The minimum absolute atomic E-state index is 0.106. The van der Waals surface area contributed by atoms with E-state index in [0.29, 0.717) is 19.0 Å². The number of unbranched alkanes of at least 4 members (excludes halogenated alkanes) is 1. The molecule has 45 heavy (non-hydrogen) atoms. The highest BCUT2D eigenvalue weighted by Gasteiger charge is 2.55. The van der Waals surface area contributed by atoms with Crippen LogP contribution in [0.2, 0.25) is 0 Å². The van der Waals surface area contributed by atoms with E-state index in [9.17, 15) is 9.59 Å². The Hall–Kier alpha value is -3.59. The quantitative estimate of drug-likeness (QED) is 0.218. The number of nitrogens with zero attached hydrogens (tertiary/aromatic N) is 4. The number of carbonyl (C=O) groups excluding carboxylic acids is 2. The van der Waals surface area contributed by atoms with Crippen LogP contribution in [0.25, 0.3) is 11.1 Å². The highest BCUT2D eigenvalue weighted by atomic mass is 32.2. The third-order valence-electron chi connectivity index (χ3n) is 10.4. The predicted octanol–water partition coefficient (Wildman–Crippen LogP) is 7.83. The Labute approximate surface area is 270 Å². The zero-order valence-corrected chi connectivity index (χ0v) is 27.5. The van der Waals surface area contributed by atoms with Crippen molar-refractivity contribution in [2.75, 3.05) is 11.3 Å². The van der Waals surface area contributed by atoms with E-state index in [0.717, 1.165) is 121 Å². The lowest BCUT2D eigenvalue weighted by Gasteiger charge is -2.24. The molecule has 236 valence electrons. The van der Waals surface area contributed by atoms with Gasteiger partial charge in [0.2, 0.25) is 5.91 Å². The summed E-state index contributed by atoms with van der Waals surface area (Å²) in [6.07, 6.45) is 9.76. The molecule has 2 amide bonds. The fourth-order valence-corrected chi connectivity index (χ4v) is 8.11. The molecule has 3 aromatic rings. The maximum atomic E-state index is 13.9. The van der Waals surface area contributed by atoms with E-state index in [4.69, 9.17) is 9.52 Å². The van der Waals surface area contributed by atoms with E-state index in [1.807, 2.05) is 29.7 Å². The monoisotopic (exact) mass is 625 g/mol. The molecule has 2 aliphatic heterocycles. The average Bonchev–Trinajstić information content (AvgIpc) is 3.26. The minimum Gasteiger partial charge on any atom is -0.359 e. The predicted molar refractivity (Wildman–Crippen MR) is 178 cm³/mol. The summed E-state index contributed by atoms with van der Waals surface area (Å²) in [5.41, 5.74) is 4.71. The molecular formula is C36H43N5O3S. The molecule has 2 spiro atoms. The van der Waals surface area contributed by atoms with Gasteiger partial charge in [0.05, 0.1) is 12.0 Å². The second kappa shape index (κ2) is 12.0. The van der Waals surface area contributed by atoms with Gasteiger partial charge in [-0.2, -0.15) is 0 Å². The highest BCUT2D eigenvalue weighted by Crippen LogP contribution is 2.54. The van der Waals surface area contributed by atoms with Crippen molar-refractivity contribution in [1.82, 2.24) is 15.0 Å². The van der Waals surface area contributed by atoms with Crippen LogP contribution in [0.5, 0.6) is 0 Å². The first kappa shape index (κ1) is 30.1. The summed E-state index contributed by atoms with van der Waals surface area (Å²) < 4.78 is 8.74. The van der Waals surface area contributed by atoms with Crippen LogP contribution in [0, 0.1) is 19.3 Å². The van der Waals surface area contributed by atoms with Gasteiger partial charge in [0.15, 0.2) is 5.82 Å². The van der Waals surface area contributed by atoms with E-state index in [2.05, 4.69) is 53.2 Å². The number of benzene rings is 2. The SMILES string of the molecule is CCCCC1=NC2(CCCC2)C(=O)N1Cc1ccc(-c2ccccc2SNc2noc(C)c2C)c(CN2CCC3(CC3)C2=O)c1. The third kappa shape index (κ3) is 5.58. The Balaban J connectivity index is 1.21. The fraction of sp³-hybridized carbons (Fsp3) is 0.500. The van der Waals surface area contributed by atoms with Crippen LogP contribution >= 0.6 is 11.9 Å². The summed E-state index contributed by atoms with van der Waals surface area (Å²) in [6, 6.07) is 14.9.